The summed E-state index contributed by atoms with van der Waals surface area (Å²) < 4.78 is 234. The first-order valence-corrected chi connectivity index (χ1v) is 19.0. The fraction of sp³-hybridized carbons (Fsp3) is 0. The molecular weight excluding hydrogens is 743 g/mol. The van der Waals surface area contributed by atoms with Crippen LogP contribution in [0.4, 0.5) is 0 Å². The van der Waals surface area contributed by atoms with Crippen molar-refractivity contribution in [2.24, 2.45) is 0 Å². The quantitative estimate of drug-likeness (QED) is 0.174. The number of benzene rings is 9. The van der Waals surface area contributed by atoms with E-state index in [1.807, 2.05) is 0 Å². The minimum absolute atomic E-state index is 0.0883. The standard InChI is InChI=1S/C53H31N3S2/c1-4-14-32(15-5-1)35-24-26-41-45(30-35)57-49-39-22-12-10-20-37(39)28-43(47(41)49)52-54-51(34-18-8-3-9-19-34)55-53(56-52)44-29-38-21-11-13-23-40(38)50-48(44)42-27-25-36(31-46(42)58-50)33-16-6-2-7-17-33/h1-31H/i1D,2D,4D,5D,6D,7D,10D,11D,12D,13D,14D,15D,16D,17D,20D,21D,22D,23D,24D,25D,26D,27D,28D,29D,30D,31D. The van der Waals surface area contributed by atoms with E-state index >= 15 is 0 Å². The zero-order valence-electron chi connectivity index (χ0n) is 55.0. The van der Waals surface area contributed by atoms with Gasteiger partial charge in [-0.25, -0.2) is 15.0 Å². The predicted octanol–water partition coefficient (Wildman–Crippen LogP) is 15.2. The molecule has 3 heterocycles. The SMILES string of the molecule is [2H]c1c([2H])c([2H])c(-c2c([2H])c([2H])c3c(sc4c5c([2H])c([2H])c([2H])c([2H])c5c([2H])c(-c5nc(-c6ccccc6)nc(-c6c([2H])c7c([2H])c([2H])c([2H])c([2H])c7c7sc8c([2H])c(-c9c([2H])c([2H])c([2H])c([2H])c9[2H])c([2H])c([2H])c8c67)n5)c43)c2[2H])c([2H])c1[2H]. The second-order valence-corrected chi connectivity index (χ2v) is 14.7. The topological polar surface area (TPSA) is 38.7 Å². The smallest absolute Gasteiger partial charge is 0.164 e. The molecule has 9 aromatic carbocycles. The molecule has 3 aromatic heterocycles. The second kappa shape index (κ2) is 13.3. The van der Waals surface area contributed by atoms with E-state index < -0.39 is 202 Å². The third-order valence-electron chi connectivity index (χ3n) is 9.36. The summed E-state index contributed by atoms with van der Waals surface area (Å²) in [6.45, 7) is 0. The van der Waals surface area contributed by atoms with Crippen molar-refractivity contribution in [1.29, 1.82) is 0 Å². The fourth-order valence-electron chi connectivity index (χ4n) is 6.82. The zero-order chi connectivity index (χ0) is 60.8. The Morgan fingerprint density at radius 1 is 0.362 bits per heavy atom. The van der Waals surface area contributed by atoms with E-state index in [0.717, 1.165) is 0 Å². The summed E-state index contributed by atoms with van der Waals surface area (Å²) >= 11 is 1.39. The molecule has 12 aromatic rings. The summed E-state index contributed by atoms with van der Waals surface area (Å²) in [7, 11) is 0. The highest BCUT2D eigenvalue weighted by atomic mass is 32.1. The number of thiophene rings is 2. The highest BCUT2D eigenvalue weighted by Crippen LogP contribution is 2.47. The predicted molar refractivity (Wildman–Crippen MR) is 248 cm³/mol. The normalized spacial score (nSPS) is 18.1. The van der Waals surface area contributed by atoms with Gasteiger partial charge in [0.15, 0.2) is 17.5 Å². The number of hydrogen-bond donors (Lipinski definition) is 0. The van der Waals surface area contributed by atoms with E-state index in [9.17, 15) is 16.4 Å². The molecule has 0 radical (unpaired) electrons. The van der Waals surface area contributed by atoms with Crippen LogP contribution in [0.2, 0.25) is 0 Å². The highest BCUT2D eigenvalue weighted by molar-refractivity contribution is 7.27. The van der Waals surface area contributed by atoms with Crippen molar-refractivity contribution < 1.29 is 35.6 Å². The Kier molecular flexibility index (Phi) is 3.76. The van der Waals surface area contributed by atoms with Crippen LogP contribution in [-0.4, -0.2) is 15.0 Å². The molecule has 0 amide bonds. The molecule has 0 fully saturated rings. The average molecular weight is 800 g/mol. The van der Waals surface area contributed by atoms with Crippen molar-refractivity contribution in [1.82, 2.24) is 15.0 Å². The molecule has 0 aliphatic heterocycles. The lowest BCUT2D eigenvalue weighted by Crippen LogP contribution is -2.01. The van der Waals surface area contributed by atoms with Crippen molar-refractivity contribution >= 4 is 84.6 Å². The van der Waals surface area contributed by atoms with Crippen molar-refractivity contribution in [3.63, 3.8) is 0 Å². The van der Waals surface area contributed by atoms with Crippen LogP contribution >= 0.6 is 22.7 Å². The van der Waals surface area contributed by atoms with E-state index in [1.165, 1.54) is 0 Å². The molecule has 270 valence electrons. The number of hydrogen-bond acceptors (Lipinski definition) is 5. The maximum Gasteiger partial charge on any atom is 0.164 e. The third-order valence-corrected chi connectivity index (χ3v) is 11.6. The Labute approximate surface area is 378 Å². The Bertz CT molecular complexity index is 4750. The van der Waals surface area contributed by atoms with Crippen LogP contribution in [0.15, 0.2) is 187 Å². The van der Waals surface area contributed by atoms with Gasteiger partial charge in [-0.05, 0) is 68.0 Å². The van der Waals surface area contributed by atoms with Gasteiger partial charge < -0.3 is 0 Å². The van der Waals surface area contributed by atoms with Crippen LogP contribution in [0, 0.1) is 0 Å². The number of aromatic nitrogens is 3. The van der Waals surface area contributed by atoms with Gasteiger partial charge in [0, 0.05) is 57.0 Å². The van der Waals surface area contributed by atoms with E-state index in [0.29, 0.717) is 22.7 Å². The Morgan fingerprint density at radius 3 is 1.31 bits per heavy atom. The van der Waals surface area contributed by atoms with Gasteiger partial charge in [-0.1, -0.05) is 163 Å². The lowest BCUT2D eigenvalue weighted by Gasteiger charge is -2.13. The maximum atomic E-state index is 10.0. The molecule has 12 rings (SSSR count). The molecular formula is C53H31N3S2. The minimum Gasteiger partial charge on any atom is -0.208 e. The number of fused-ring (bicyclic) bond motifs is 10. The van der Waals surface area contributed by atoms with Crippen LogP contribution in [0.3, 0.4) is 0 Å². The van der Waals surface area contributed by atoms with Crippen LogP contribution in [0.1, 0.15) is 35.6 Å². The van der Waals surface area contributed by atoms with Gasteiger partial charge in [-0.2, -0.15) is 0 Å². The molecule has 0 aliphatic carbocycles. The number of nitrogens with zero attached hydrogens (tertiary/aromatic N) is 3. The van der Waals surface area contributed by atoms with E-state index in [4.69, 9.17) is 34.1 Å². The summed E-state index contributed by atoms with van der Waals surface area (Å²) in [5.74, 6) is -1.23. The molecule has 0 aliphatic rings. The van der Waals surface area contributed by atoms with Crippen LogP contribution in [0.5, 0.6) is 0 Å². The van der Waals surface area contributed by atoms with Gasteiger partial charge in [0.2, 0.25) is 0 Å². The lowest BCUT2D eigenvalue weighted by atomic mass is 9.97. The largest absolute Gasteiger partial charge is 0.208 e. The van der Waals surface area contributed by atoms with Gasteiger partial charge >= 0.3 is 0 Å². The summed E-state index contributed by atoms with van der Waals surface area (Å²) in [6.07, 6.45) is 0. The highest BCUT2D eigenvalue weighted by Gasteiger charge is 2.22. The van der Waals surface area contributed by atoms with Gasteiger partial charge in [-0.3, -0.25) is 0 Å². The summed E-state index contributed by atoms with van der Waals surface area (Å²) in [4.78, 5) is 14.6. The van der Waals surface area contributed by atoms with Crippen molar-refractivity contribution in [2.75, 3.05) is 0 Å². The van der Waals surface area contributed by atoms with Gasteiger partial charge in [0.05, 0.1) is 35.6 Å². The summed E-state index contributed by atoms with van der Waals surface area (Å²) in [5, 5.41) is -2.26. The molecule has 0 N–H and O–H groups in total. The van der Waals surface area contributed by atoms with Crippen LogP contribution in [-0.2, 0) is 0 Å². The molecule has 0 spiro atoms. The molecule has 58 heavy (non-hydrogen) atoms. The Balaban J connectivity index is 1.30. The minimum atomic E-state index is -0.797. The van der Waals surface area contributed by atoms with Crippen molar-refractivity contribution in [2.45, 2.75) is 0 Å². The van der Waals surface area contributed by atoms with Gasteiger partial charge in [0.1, 0.15) is 0 Å². The second-order valence-electron chi connectivity index (χ2n) is 12.7. The average Bonchev–Trinajstić information content (AvgIpc) is 1.54. The molecule has 0 atom stereocenters. The molecule has 0 saturated heterocycles. The van der Waals surface area contributed by atoms with Crippen molar-refractivity contribution in [3.8, 4) is 56.4 Å². The molecule has 0 unspecified atom stereocenters. The molecule has 0 saturated carbocycles. The van der Waals surface area contributed by atoms with Gasteiger partial charge in [-0.15, -0.1) is 22.7 Å². The first-order valence-electron chi connectivity index (χ1n) is 30.3. The maximum absolute atomic E-state index is 10.0. The number of rotatable bonds is 5. The monoisotopic (exact) mass is 799 g/mol. The molecule has 5 heteroatoms. The van der Waals surface area contributed by atoms with Crippen LogP contribution in [0.25, 0.3) is 118 Å². The first kappa shape index (κ1) is 16.4. The van der Waals surface area contributed by atoms with E-state index in [1.54, 1.807) is 30.3 Å². The Hall–Kier alpha value is -7.05. The van der Waals surface area contributed by atoms with E-state index in [2.05, 4.69) is 0 Å². The lowest BCUT2D eigenvalue weighted by molar-refractivity contribution is 1.08. The fourth-order valence-corrected chi connectivity index (χ4v) is 9.17. The zero-order valence-corrected chi connectivity index (χ0v) is 30.7. The third kappa shape index (κ3) is 5.36. The first-order chi connectivity index (χ1) is 39.6. The molecule has 0 bridgehead atoms. The summed E-state index contributed by atoms with van der Waals surface area (Å²) in [6, 6.07) is -11.0. The van der Waals surface area contributed by atoms with E-state index in [-0.39, 0.29) is 73.6 Å². The van der Waals surface area contributed by atoms with Crippen molar-refractivity contribution in [3.05, 3.63) is 187 Å². The Morgan fingerprint density at radius 2 is 0.810 bits per heavy atom. The molecule has 3 nitrogen and oxygen atoms in total. The van der Waals surface area contributed by atoms with Crippen LogP contribution < -0.4 is 0 Å². The summed E-state index contributed by atoms with van der Waals surface area (Å²) in [5.41, 5.74) is -2.72. The van der Waals surface area contributed by atoms with Gasteiger partial charge in [0.25, 0.3) is 0 Å².